The predicted molar refractivity (Wildman–Crippen MR) is 182 cm³/mol. The largest absolute Gasteiger partial charge is 0.480 e. The fourth-order valence-electron chi connectivity index (χ4n) is 4.60. The zero-order chi connectivity index (χ0) is 36.7. The van der Waals surface area contributed by atoms with Gasteiger partial charge in [-0.25, -0.2) is 4.79 Å². The average molecular weight is 697 g/mol. The van der Waals surface area contributed by atoms with E-state index in [2.05, 4.69) is 39.2 Å². The molecule has 48 heavy (non-hydrogen) atoms. The Morgan fingerprint density at radius 3 is 1.58 bits per heavy atom. The van der Waals surface area contributed by atoms with Crippen LogP contribution in [-0.2, 0) is 35.2 Å². The van der Waals surface area contributed by atoms with Gasteiger partial charge in [-0.3, -0.25) is 24.0 Å². The van der Waals surface area contributed by atoms with Gasteiger partial charge in [-0.05, 0) is 44.1 Å². The van der Waals surface area contributed by atoms with Gasteiger partial charge in [0.15, 0.2) is 0 Å². The molecule has 0 aliphatic carbocycles. The molecule has 16 heteroatoms. The number of carboxylic acid groups (broad SMARTS) is 1. The highest BCUT2D eigenvalue weighted by atomic mass is 32.1. The van der Waals surface area contributed by atoms with E-state index in [1.165, 1.54) is 13.8 Å². The van der Waals surface area contributed by atoms with Crippen molar-refractivity contribution >= 4 is 48.1 Å². The van der Waals surface area contributed by atoms with Crippen molar-refractivity contribution in [3.63, 3.8) is 0 Å². The lowest BCUT2D eigenvalue weighted by Crippen LogP contribution is -2.61. The van der Waals surface area contributed by atoms with Crippen molar-refractivity contribution in [2.45, 2.75) is 109 Å². The molecular weight excluding hydrogens is 644 g/mol. The van der Waals surface area contributed by atoms with E-state index in [-0.39, 0.29) is 36.9 Å². The van der Waals surface area contributed by atoms with E-state index >= 15 is 0 Å². The van der Waals surface area contributed by atoms with E-state index in [4.69, 9.17) is 5.73 Å². The molecule has 1 rings (SSSR count). The number of amides is 5. The number of carbonyl (C=O) groups excluding carboxylic acids is 5. The molecule has 0 radical (unpaired) electrons. The molecule has 0 saturated carbocycles. The number of hydrogen-bond acceptors (Lipinski definition) is 10. The van der Waals surface area contributed by atoms with Crippen LogP contribution in [0.4, 0.5) is 0 Å². The monoisotopic (exact) mass is 696 g/mol. The molecule has 0 aliphatic rings. The van der Waals surface area contributed by atoms with Gasteiger partial charge in [0.1, 0.15) is 36.3 Å². The Morgan fingerprint density at radius 1 is 0.646 bits per heavy atom. The Morgan fingerprint density at radius 2 is 1.10 bits per heavy atom. The van der Waals surface area contributed by atoms with Crippen molar-refractivity contribution in [3.05, 3.63) is 35.9 Å². The van der Waals surface area contributed by atoms with Crippen molar-refractivity contribution in [3.8, 4) is 0 Å². The van der Waals surface area contributed by atoms with Crippen molar-refractivity contribution in [2.24, 2.45) is 17.6 Å². The Bertz CT molecular complexity index is 1230. The zero-order valence-corrected chi connectivity index (χ0v) is 29.2. The van der Waals surface area contributed by atoms with Crippen LogP contribution in [-0.4, -0.2) is 105 Å². The van der Waals surface area contributed by atoms with Crippen LogP contribution in [0.5, 0.6) is 0 Å². The summed E-state index contributed by atoms with van der Waals surface area (Å²) in [4.78, 5) is 77.6. The fraction of sp³-hybridized carbons (Fsp3) is 0.625. The lowest BCUT2D eigenvalue weighted by molar-refractivity contribution is -0.142. The number of rotatable bonds is 20. The van der Waals surface area contributed by atoms with Crippen LogP contribution in [0.3, 0.4) is 0 Å². The van der Waals surface area contributed by atoms with Crippen LogP contribution >= 0.6 is 12.6 Å². The number of carboxylic acids is 1. The lowest BCUT2D eigenvalue weighted by atomic mass is 10.00. The summed E-state index contributed by atoms with van der Waals surface area (Å²) in [6, 6.07) is 0.946. The first-order valence-corrected chi connectivity index (χ1v) is 16.5. The molecule has 0 bridgehead atoms. The maximum Gasteiger partial charge on any atom is 0.326 e. The topological polar surface area (TPSA) is 249 Å². The summed E-state index contributed by atoms with van der Waals surface area (Å²) >= 11 is 4.17. The van der Waals surface area contributed by atoms with Crippen molar-refractivity contribution < 1.29 is 44.1 Å². The normalized spacial score (nSPS) is 16.3. The molecule has 1 aromatic rings. The number of thiol groups is 1. The zero-order valence-electron chi connectivity index (χ0n) is 28.3. The van der Waals surface area contributed by atoms with E-state index < -0.39 is 84.0 Å². The van der Waals surface area contributed by atoms with Gasteiger partial charge >= 0.3 is 5.97 Å². The Hall–Kier alpha value is -3.73. The number of nitrogens with one attached hydrogen (secondary N) is 5. The molecule has 8 unspecified atom stereocenters. The van der Waals surface area contributed by atoms with Crippen LogP contribution in [0.1, 0.15) is 59.9 Å². The molecule has 5 amide bonds. The molecule has 270 valence electrons. The highest BCUT2D eigenvalue weighted by Gasteiger charge is 2.34. The molecule has 0 heterocycles. The van der Waals surface area contributed by atoms with Crippen molar-refractivity contribution in [2.75, 3.05) is 5.75 Å². The Labute approximate surface area is 287 Å². The van der Waals surface area contributed by atoms with E-state index in [1.54, 1.807) is 58.0 Å². The van der Waals surface area contributed by atoms with Crippen LogP contribution in [0, 0.1) is 11.8 Å². The number of carbonyl (C=O) groups is 6. The minimum atomic E-state index is -1.52. The summed E-state index contributed by atoms with van der Waals surface area (Å²) < 4.78 is 0. The third-order valence-corrected chi connectivity index (χ3v) is 7.64. The second-order valence-electron chi connectivity index (χ2n) is 12.7. The van der Waals surface area contributed by atoms with Gasteiger partial charge in [-0.15, -0.1) is 0 Å². The van der Waals surface area contributed by atoms with Gasteiger partial charge in [0, 0.05) is 12.2 Å². The van der Waals surface area contributed by atoms with Gasteiger partial charge in [-0.2, -0.15) is 12.6 Å². The van der Waals surface area contributed by atoms with Gasteiger partial charge in [-0.1, -0.05) is 58.0 Å². The molecule has 0 spiro atoms. The fourth-order valence-corrected chi connectivity index (χ4v) is 4.86. The Balaban J connectivity index is 3.27. The van der Waals surface area contributed by atoms with Crippen LogP contribution < -0.4 is 32.3 Å². The summed E-state index contributed by atoms with van der Waals surface area (Å²) in [5, 5.41) is 41.9. The summed E-state index contributed by atoms with van der Waals surface area (Å²) in [6.07, 6.45) is -2.37. The van der Waals surface area contributed by atoms with Crippen LogP contribution in [0.25, 0.3) is 0 Å². The second-order valence-corrected chi connectivity index (χ2v) is 13.1. The van der Waals surface area contributed by atoms with Crippen molar-refractivity contribution in [1.82, 2.24) is 26.6 Å². The highest BCUT2D eigenvalue weighted by molar-refractivity contribution is 7.80. The summed E-state index contributed by atoms with van der Waals surface area (Å²) in [6.45, 7) is 9.76. The first kappa shape index (κ1) is 42.3. The number of nitrogens with two attached hydrogens (primary N) is 1. The Kier molecular flexibility index (Phi) is 18.1. The summed E-state index contributed by atoms with van der Waals surface area (Å²) in [5.41, 5.74) is 6.33. The molecule has 0 aliphatic heterocycles. The van der Waals surface area contributed by atoms with E-state index in [9.17, 15) is 44.1 Å². The first-order chi connectivity index (χ1) is 22.4. The first-order valence-electron chi connectivity index (χ1n) is 15.9. The molecule has 10 N–H and O–H groups in total. The molecule has 1 aromatic carbocycles. The SMILES string of the molecule is CC(C)CC(NC(=O)C(CS)NC(=O)C(Cc1ccccc1)NC(=O)C(CC(C)C)NC(=O)C(NC(=O)C(N)C(C)O)C(C)O)C(=O)O. The number of aliphatic hydroxyl groups excluding tert-OH is 2. The molecule has 0 aromatic heterocycles. The van der Waals surface area contributed by atoms with Gasteiger partial charge in [0.25, 0.3) is 0 Å². The van der Waals surface area contributed by atoms with E-state index in [0.29, 0.717) is 5.56 Å². The highest BCUT2D eigenvalue weighted by Crippen LogP contribution is 2.10. The molecule has 0 saturated heterocycles. The quantitative estimate of drug-likeness (QED) is 0.0733. The van der Waals surface area contributed by atoms with Gasteiger partial charge < -0.3 is 47.6 Å². The molecular formula is C32H52N6O9S. The lowest BCUT2D eigenvalue weighted by Gasteiger charge is -2.28. The van der Waals surface area contributed by atoms with E-state index in [1.807, 2.05) is 0 Å². The number of aliphatic hydroxyl groups is 2. The number of aliphatic carboxylic acids is 1. The van der Waals surface area contributed by atoms with Gasteiger partial charge in [0.2, 0.25) is 29.5 Å². The summed E-state index contributed by atoms with van der Waals surface area (Å²) in [7, 11) is 0. The van der Waals surface area contributed by atoms with Crippen LogP contribution in [0.2, 0.25) is 0 Å². The second kappa shape index (κ2) is 20.6. The summed E-state index contributed by atoms with van der Waals surface area (Å²) in [5.74, 6) is -5.62. The smallest absolute Gasteiger partial charge is 0.326 e. The third-order valence-electron chi connectivity index (χ3n) is 7.28. The third kappa shape index (κ3) is 14.6. The van der Waals surface area contributed by atoms with E-state index in [0.717, 1.165) is 0 Å². The van der Waals surface area contributed by atoms with Gasteiger partial charge in [0.05, 0.1) is 12.2 Å². The number of benzene rings is 1. The minimum absolute atomic E-state index is 0.00361. The standard InChI is InChI=1S/C32H52N6O9S/c1-16(2)12-21(35-31(45)26(19(6)40)38-30(44)25(33)18(5)39)27(41)34-22(14-20-10-8-7-9-11-20)28(42)37-24(15-48)29(43)36-23(32(46)47)13-17(3)4/h7-11,16-19,21-26,39-40,48H,12-15,33H2,1-6H3,(H,34,41)(H,35,45)(H,36,43)(H,37,42)(H,38,44)(H,46,47). The molecule has 0 fully saturated rings. The maximum absolute atomic E-state index is 13.7. The maximum atomic E-state index is 13.7. The van der Waals surface area contributed by atoms with Crippen molar-refractivity contribution in [1.29, 1.82) is 0 Å². The minimum Gasteiger partial charge on any atom is -0.480 e. The molecule has 15 nitrogen and oxygen atoms in total. The molecule has 8 atom stereocenters. The predicted octanol–water partition coefficient (Wildman–Crippen LogP) is -1.15. The number of hydrogen-bond donors (Lipinski definition) is 10. The average Bonchev–Trinajstić information content (AvgIpc) is 3.00. The van der Waals surface area contributed by atoms with Crippen LogP contribution in [0.15, 0.2) is 30.3 Å².